The Morgan fingerprint density at radius 1 is 0.871 bits per heavy atom. The normalized spacial score (nSPS) is 11.5. The van der Waals surface area contributed by atoms with Crippen molar-refractivity contribution < 1.29 is 9.47 Å². The highest BCUT2D eigenvalue weighted by Gasteiger charge is 2.12. The van der Waals surface area contributed by atoms with Gasteiger partial charge in [0.2, 0.25) is 0 Å². The zero-order valence-electron chi connectivity index (χ0n) is 18.0. The van der Waals surface area contributed by atoms with Crippen LogP contribution < -0.4 is 14.3 Å². The van der Waals surface area contributed by atoms with Gasteiger partial charge in [-0.3, -0.25) is 0 Å². The second-order valence-electron chi connectivity index (χ2n) is 7.31. The van der Waals surface area contributed by atoms with Crippen molar-refractivity contribution in [3.05, 3.63) is 94.1 Å². The Balaban J connectivity index is 1.77. The number of rotatable bonds is 7. The zero-order chi connectivity index (χ0) is 21.6. The van der Waals surface area contributed by atoms with E-state index in [2.05, 4.69) is 77.5 Å². The number of hydrogen-bond donors (Lipinski definition) is 0. The molecule has 0 fully saturated rings. The third kappa shape index (κ3) is 4.89. The maximum absolute atomic E-state index is 5.53. The molecule has 1 heterocycles. The van der Waals surface area contributed by atoms with Crippen molar-refractivity contribution in [3.8, 4) is 22.8 Å². The molecule has 4 aromatic rings. The molecule has 3 aromatic carbocycles. The van der Waals surface area contributed by atoms with Crippen LogP contribution in [0, 0.1) is 6.92 Å². The van der Waals surface area contributed by atoms with Crippen LogP contribution in [0.5, 0.6) is 11.5 Å². The Hall–Kier alpha value is -3.31. The van der Waals surface area contributed by atoms with Crippen molar-refractivity contribution in [2.45, 2.75) is 19.9 Å². The molecule has 0 saturated heterocycles. The molecule has 31 heavy (non-hydrogen) atoms. The van der Waals surface area contributed by atoms with Gasteiger partial charge in [0.15, 0.2) is 16.3 Å². The van der Waals surface area contributed by atoms with Gasteiger partial charge in [-0.25, -0.2) is 4.99 Å². The standard InChI is InChI=1S/C26H26N2O2S/c1-19-9-12-22(13-10-19)27-26-28(16-15-20-7-5-4-6-8-20)23(18-31-26)21-11-14-24(29-2)25(17-21)30-3/h4-14,17-18H,15-16H2,1-3H3. The minimum Gasteiger partial charge on any atom is -0.493 e. The topological polar surface area (TPSA) is 35.8 Å². The van der Waals surface area contributed by atoms with Gasteiger partial charge in [-0.15, -0.1) is 11.3 Å². The molecule has 0 radical (unpaired) electrons. The van der Waals surface area contributed by atoms with Crippen LogP contribution in [0.2, 0.25) is 0 Å². The Morgan fingerprint density at radius 3 is 2.32 bits per heavy atom. The fourth-order valence-electron chi connectivity index (χ4n) is 3.48. The fraction of sp³-hybridized carbons (Fsp3) is 0.192. The lowest BCUT2D eigenvalue weighted by Gasteiger charge is -2.12. The van der Waals surface area contributed by atoms with Gasteiger partial charge in [-0.1, -0.05) is 48.0 Å². The number of methoxy groups -OCH3 is 2. The van der Waals surface area contributed by atoms with Crippen LogP contribution in [-0.4, -0.2) is 18.8 Å². The molecule has 0 aliphatic rings. The largest absolute Gasteiger partial charge is 0.493 e. The van der Waals surface area contributed by atoms with E-state index in [-0.39, 0.29) is 0 Å². The molecule has 0 amide bonds. The summed E-state index contributed by atoms with van der Waals surface area (Å²) in [6.07, 6.45) is 0.930. The summed E-state index contributed by atoms with van der Waals surface area (Å²) in [6, 6.07) is 24.9. The molecule has 0 spiro atoms. The Labute approximate surface area is 187 Å². The molecule has 1 aromatic heterocycles. The molecule has 4 nitrogen and oxygen atoms in total. The Bertz CT molecular complexity index is 1210. The Morgan fingerprint density at radius 2 is 1.61 bits per heavy atom. The molecule has 5 heteroatoms. The van der Waals surface area contributed by atoms with E-state index in [1.165, 1.54) is 11.1 Å². The van der Waals surface area contributed by atoms with Crippen molar-refractivity contribution in [2.75, 3.05) is 14.2 Å². The second-order valence-corrected chi connectivity index (χ2v) is 8.14. The summed E-state index contributed by atoms with van der Waals surface area (Å²) in [5.41, 5.74) is 5.69. The number of aryl methyl sites for hydroxylation is 2. The van der Waals surface area contributed by atoms with Crippen molar-refractivity contribution >= 4 is 17.0 Å². The first-order valence-corrected chi connectivity index (χ1v) is 11.1. The van der Waals surface area contributed by atoms with Crippen LogP contribution in [0.3, 0.4) is 0 Å². The van der Waals surface area contributed by atoms with Gasteiger partial charge in [0, 0.05) is 17.5 Å². The maximum atomic E-state index is 5.53. The van der Waals surface area contributed by atoms with E-state index in [0.717, 1.165) is 46.2 Å². The van der Waals surface area contributed by atoms with Crippen molar-refractivity contribution in [1.29, 1.82) is 0 Å². The summed E-state index contributed by atoms with van der Waals surface area (Å²) in [6.45, 7) is 2.92. The molecular formula is C26H26N2O2S. The molecule has 4 rings (SSSR count). The highest BCUT2D eigenvalue weighted by Crippen LogP contribution is 2.32. The van der Waals surface area contributed by atoms with Gasteiger partial charge in [-0.05, 0) is 49.2 Å². The lowest BCUT2D eigenvalue weighted by atomic mass is 10.1. The van der Waals surface area contributed by atoms with E-state index in [1.807, 2.05) is 12.1 Å². The smallest absolute Gasteiger partial charge is 0.190 e. The molecule has 0 aliphatic carbocycles. The summed E-state index contributed by atoms with van der Waals surface area (Å²) in [5.74, 6) is 1.44. The molecule has 0 atom stereocenters. The first kappa shape index (κ1) is 20.9. The van der Waals surface area contributed by atoms with Crippen molar-refractivity contribution in [3.63, 3.8) is 0 Å². The second kappa shape index (κ2) is 9.67. The highest BCUT2D eigenvalue weighted by atomic mass is 32.1. The molecule has 0 unspecified atom stereocenters. The van der Waals surface area contributed by atoms with E-state index in [0.29, 0.717) is 0 Å². The molecule has 158 valence electrons. The van der Waals surface area contributed by atoms with Gasteiger partial charge in [0.25, 0.3) is 0 Å². The first-order valence-electron chi connectivity index (χ1n) is 10.2. The van der Waals surface area contributed by atoms with Crippen molar-refractivity contribution in [1.82, 2.24) is 4.57 Å². The quantitative estimate of drug-likeness (QED) is 0.360. The SMILES string of the molecule is COc1ccc(-c2csc(=Nc3ccc(C)cc3)n2CCc2ccccc2)cc1OC. The highest BCUT2D eigenvalue weighted by molar-refractivity contribution is 7.07. The van der Waals surface area contributed by atoms with E-state index < -0.39 is 0 Å². The summed E-state index contributed by atoms with van der Waals surface area (Å²) >= 11 is 1.65. The van der Waals surface area contributed by atoms with E-state index in [4.69, 9.17) is 14.5 Å². The molecular weight excluding hydrogens is 404 g/mol. The molecule has 0 bridgehead atoms. The third-order valence-corrected chi connectivity index (χ3v) is 6.07. The first-order chi connectivity index (χ1) is 15.2. The lowest BCUT2D eigenvalue weighted by molar-refractivity contribution is 0.355. The average Bonchev–Trinajstić information content (AvgIpc) is 3.21. The van der Waals surface area contributed by atoms with Gasteiger partial charge >= 0.3 is 0 Å². The van der Waals surface area contributed by atoms with E-state index in [9.17, 15) is 0 Å². The summed E-state index contributed by atoms with van der Waals surface area (Å²) < 4.78 is 13.2. The number of benzene rings is 3. The van der Waals surface area contributed by atoms with Gasteiger partial charge in [0.1, 0.15) is 0 Å². The number of hydrogen-bond acceptors (Lipinski definition) is 4. The van der Waals surface area contributed by atoms with Gasteiger partial charge < -0.3 is 14.0 Å². The average molecular weight is 431 g/mol. The predicted octanol–water partition coefficient (Wildman–Crippen LogP) is 6.02. The van der Waals surface area contributed by atoms with Crippen LogP contribution in [0.15, 0.2) is 83.2 Å². The molecule has 0 aliphatic heterocycles. The number of aromatic nitrogens is 1. The van der Waals surface area contributed by atoms with Crippen LogP contribution in [-0.2, 0) is 13.0 Å². The molecule has 0 N–H and O–H groups in total. The zero-order valence-corrected chi connectivity index (χ0v) is 18.9. The van der Waals surface area contributed by atoms with E-state index >= 15 is 0 Å². The third-order valence-electron chi connectivity index (χ3n) is 5.20. The van der Waals surface area contributed by atoms with Gasteiger partial charge in [-0.2, -0.15) is 0 Å². The predicted molar refractivity (Wildman–Crippen MR) is 127 cm³/mol. The lowest BCUT2D eigenvalue weighted by Crippen LogP contribution is -2.17. The minimum absolute atomic E-state index is 0.720. The fourth-order valence-corrected chi connectivity index (χ4v) is 4.43. The summed E-state index contributed by atoms with van der Waals surface area (Å²) in [7, 11) is 3.32. The summed E-state index contributed by atoms with van der Waals surface area (Å²) in [5, 5.41) is 2.17. The number of thiazole rings is 1. The van der Waals surface area contributed by atoms with Gasteiger partial charge in [0.05, 0.1) is 25.6 Å². The summed E-state index contributed by atoms with van der Waals surface area (Å²) in [4.78, 5) is 5.92. The van der Waals surface area contributed by atoms with Crippen LogP contribution in [0.4, 0.5) is 5.69 Å². The maximum Gasteiger partial charge on any atom is 0.190 e. The van der Waals surface area contributed by atoms with Crippen LogP contribution in [0.1, 0.15) is 11.1 Å². The van der Waals surface area contributed by atoms with E-state index in [1.54, 1.807) is 25.6 Å². The minimum atomic E-state index is 0.720. The van der Waals surface area contributed by atoms with Crippen molar-refractivity contribution in [2.24, 2.45) is 4.99 Å². The number of nitrogens with zero attached hydrogens (tertiary/aromatic N) is 2. The van der Waals surface area contributed by atoms with Crippen LogP contribution >= 0.6 is 11.3 Å². The number of ether oxygens (including phenoxy) is 2. The molecule has 0 saturated carbocycles. The Kier molecular flexibility index (Phi) is 6.53. The van der Waals surface area contributed by atoms with Crippen LogP contribution in [0.25, 0.3) is 11.3 Å². The monoisotopic (exact) mass is 430 g/mol.